The topological polar surface area (TPSA) is 68.6 Å². The van der Waals surface area contributed by atoms with Crippen molar-refractivity contribution in [1.82, 2.24) is 14.7 Å². The lowest BCUT2D eigenvalue weighted by Gasteiger charge is -2.16. The lowest BCUT2D eigenvalue weighted by atomic mass is 10.1. The molecule has 3 aromatic rings. The quantitative estimate of drug-likeness (QED) is 0.327. The minimum Gasteiger partial charge on any atom is -0.495 e. The zero-order valence-electron chi connectivity index (χ0n) is 21.9. The fourth-order valence-corrected chi connectivity index (χ4v) is 4.53. The Bertz CT molecular complexity index is 1210. The molecule has 0 bridgehead atoms. The summed E-state index contributed by atoms with van der Waals surface area (Å²) in [5.74, 6) is 1.53. The second kappa shape index (κ2) is 13.2. The normalized spacial score (nSPS) is 13.5. The number of nitrogens with one attached hydrogen (secondary N) is 1. The molecular formula is C28H36Cl2N4O3. The van der Waals surface area contributed by atoms with E-state index in [1.54, 1.807) is 17.9 Å². The van der Waals surface area contributed by atoms with Gasteiger partial charge in [-0.25, -0.2) is 0 Å². The molecule has 2 heterocycles. The Morgan fingerprint density at radius 3 is 2.54 bits per heavy atom. The maximum Gasteiger partial charge on any atom is 0.276 e. The van der Waals surface area contributed by atoms with Crippen LogP contribution in [0.3, 0.4) is 0 Å². The number of hydrogen-bond acceptors (Lipinski definition) is 5. The number of rotatable bonds is 10. The van der Waals surface area contributed by atoms with Gasteiger partial charge in [0.2, 0.25) is 0 Å². The van der Waals surface area contributed by atoms with Gasteiger partial charge in [-0.05, 0) is 80.7 Å². The van der Waals surface area contributed by atoms with Crippen LogP contribution in [-0.2, 0) is 13.1 Å². The molecule has 0 radical (unpaired) electrons. The average Bonchev–Trinajstić information content (AvgIpc) is 3.49. The molecule has 1 N–H and O–H groups in total. The molecule has 1 amide bonds. The summed E-state index contributed by atoms with van der Waals surface area (Å²) in [6.45, 7) is 10.3. The van der Waals surface area contributed by atoms with Gasteiger partial charge in [-0.3, -0.25) is 14.4 Å². The number of carbonyl (C=O) groups is 1. The monoisotopic (exact) mass is 546 g/mol. The van der Waals surface area contributed by atoms with Crippen molar-refractivity contribution in [1.29, 1.82) is 0 Å². The van der Waals surface area contributed by atoms with Crippen molar-refractivity contribution < 1.29 is 14.3 Å². The summed E-state index contributed by atoms with van der Waals surface area (Å²) in [4.78, 5) is 15.5. The van der Waals surface area contributed by atoms with Crippen LogP contribution in [0, 0.1) is 12.8 Å². The standard InChI is InChI=1S/C28H35ClN4O3.ClH/c1-19(2)18-36-26-10-8-23(29)15-22(26)17-33-20(3)13-25(31-33)28(34)30-24-9-7-21(14-27(24)35-4)16-32-11-5-6-12-32;/h7-10,13-15,19H,5-6,11-12,16-18H2,1-4H3,(H,30,34);1H. The van der Waals surface area contributed by atoms with E-state index in [9.17, 15) is 4.79 Å². The van der Waals surface area contributed by atoms with Crippen LogP contribution in [0.5, 0.6) is 11.5 Å². The van der Waals surface area contributed by atoms with E-state index in [2.05, 4.69) is 29.2 Å². The van der Waals surface area contributed by atoms with E-state index in [0.717, 1.165) is 36.6 Å². The van der Waals surface area contributed by atoms with Crippen LogP contribution in [0.4, 0.5) is 5.69 Å². The molecule has 1 fully saturated rings. The number of amides is 1. The van der Waals surface area contributed by atoms with Gasteiger partial charge in [0, 0.05) is 22.8 Å². The van der Waals surface area contributed by atoms with Crippen molar-refractivity contribution in [3.8, 4) is 11.5 Å². The second-order valence-corrected chi connectivity index (χ2v) is 10.2. The summed E-state index contributed by atoms with van der Waals surface area (Å²) in [6.07, 6.45) is 2.50. The molecule has 7 nitrogen and oxygen atoms in total. The molecule has 0 atom stereocenters. The average molecular weight is 548 g/mol. The third-order valence-electron chi connectivity index (χ3n) is 6.25. The van der Waals surface area contributed by atoms with Crippen molar-refractivity contribution in [2.45, 2.75) is 46.7 Å². The highest BCUT2D eigenvalue weighted by atomic mass is 35.5. The lowest BCUT2D eigenvalue weighted by Crippen LogP contribution is -2.18. The first-order valence-corrected chi connectivity index (χ1v) is 12.9. The number of methoxy groups -OCH3 is 1. The van der Waals surface area contributed by atoms with Crippen LogP contribution in [0.25, 0.3) is 0 Å². The molecule has 1 aliphatic rings. The molecule has 9 heteroatoms. The van der Waals surface area contributed by atoms with Crippen molar-refractivity contribution in [2.24, 2.45) is 5.92 Å². The van der Waals surface area contributed by atoms with Crippen LogP contribution >= 0.6 is 24.0 Å². The fraction of sp³-hybridized carbons (Fsp3) is 0.429. The van der Waals surface area contributed by atoms with Crippen LogP contribution in [0.2, 0.25) is 5.02 Å². The third-order valence-corrected chi connectivity index (χ3v) is 6.48. The smallest absolute Gasteiger partial charge is 0.276 e. The van der Waals surface area contributed by atoms with Gasteiger partial charge in [0.25, 0.3) is 5.91 Å². The van der Waals surface area contributed by atoms with Gasteiger partial charge in [-0.15, -0.1) is 12.4 Å². The molecule has 1 saturated heterocycles. The van der Waals surface area contributed by atoms with E-state index in [4.69, 9.17) is 21.1 Å². The fourth-order valence-electron chi connectivity index (χ4n) is 4.33. The van der Waals surface area contributed by atoms with Gasteiger partial charge in [-0.1, -0.05) is 31.5 Å². The molecule has 0 saturated carbocycles. The molecule has 1 aromatic heterocycles. The van der Waals surface area contributed by atoms with E-state index in [1.165, 1.54) is 18.4 Å². The van der Waals surface area contributed by atoms with Gasteiger partial charge in [0.05, 0.1) is 25.9 Å². The first kappa shape index (κ1) is 28.8. The first-order valence-electron chi connectivity index (χ1n) is 12.5. The van der Waals surface area contributed by atoms with Crippen molar-refractivity contribution in [3.05, 3.63) is 70.0 Å². The molecule has 0 spiro atoms. The molecule has 4 rings (SSSR count). The van der Waals surface area contributed by atoms with Crippen LogP contribution in [0.1, 0.15) is 54.0 Å². The number of aromatic nitrogens is 2. The van der Waals surface area contributed by atoms with E-state index in [1.807, 2.05) is 43.3 Å². The highest BCUT2D eigenvalue weighted by molar-refractivity contribution is 6.30. The zero-order valence-corrected chi connectivity index (χ0v) is 23.5. The Labute approximate surface area is 230 Å². The number of anilines is 1. The molecule has 2 aromatic carbocycles. The van der Waals surface area contributed by atoms with E-state index < -0.39 is 0 Å². The number of nitrogens with zero attached hydrogens (tertiary/aromatic N) is 3. The van der Waals surface area contributed by atoms with Gasteiger partial charge in [0.1, 0.15) is 11.5 Å². The Kier molecular flexibility index (Phi) is 10.3. The third kappa shape index (κ3) is 7.63. The summed E-state index contributed by atoms with van der Waals surface area (Å²) in [6, 6.07) is 13.3. The number of carbonyl (C=O) groups excluding carboxylic acids is 1. The Balaban J connectivity index is 0.00000380. The van der Waals surface area contributed by atoms with Gasteiger partial charge < -0.3 is 14.8 Å². The van der Waals surface area contributed by atoms with Gasteiger partial charge in [0.15, 0.2) is 5.69 Å². The molecule has 1 aliphatic heterocycles. The maximum atomic E-state index is 13.1. The highest BCUT2D eigenvalue weighted by Gasteiger charge is 2.18. The van der Waals surface area contributed by atoms with E-state index in [0.29, 0.717) is 41.2 Å². The Morgan fingerprint density at radius 2 is 1.84 bits per heavy atom. The lowest BCUT2D eigenvalue weighted by molar-refractivity contribution is 0.102. The number of benzene rings is 2. The summed E-state index contributed by atoms with van der Waals surface area (Å²) < 4.78 is 13.3. The SMILES string of the molecule is COc1cc(CN2CCCC2)ccc1NC(=O)c1cc(C)n(Cc2cc(Cl)ccc2OCC(C)C)n1.Cl. The van der Waals surface area contributed by atoms with Crippen LogP contribution in [-0.4, -0.2) is 47.4 Å². The summed E-state index contributed by atoms with van der Waals surface area (Å²) in [7, 11) is 1.62. The Morgan fingerprint density at radius 1 is 1.08 bits per heavy atom. The predicted octanol–water partition coefficient (Wildman–Crippen LogP) is 6.21. The number of aryl methyl sites for hydroxylation is 1. The van der Waals surface area contributed by atoms with Crippen LogP contribution < -0.4 is 14.8 Å². The second-order valence-electron chi connectivity index (χ2n) is 9.76. The summed E-state index contributed by atoms with van der Waals surface area (Å²) >= 11 is 6.25. The molecule has 200 valence electrons. The first-order chi connectivity index (χ1) is 17.3. The largest absolute Gasteiger partial charge is 0.495 e. The number of halogens is 2. The van der Waals surface area contributed by atoms with Crippen molar-refractivity contribution in [3.63, 3.8) is 0 Å². The van der Waals surface area contributed by atoms with E-state index >= 15 is 0 Å². The summed E-state index contributed by atoms with van der Waals surface area (Å²) in [5.41, 5.74) is 3.91. The minimum atomic E-state index is -0.287. The number of likely N-dealkylation sites (tertiary alicyclic amines) is 1. The Hall–Kier alpha value is -2.74. The minimum absolute atomic E-state index is 0. The zero-order chi connectivity index (χ0) is 25.7. The number of ether oxygens (including phenoxy) is 2. The van der Waals surface area contributed by atoms with Crippen molar-refractivity contribution in [2.75, 3.05) is 32.1 Å². The highest BCUT2D eigenvalue weighted by Crippen LogP contribution is 2.28. The molecular weight excluding hydrogens is 511 g/mol. The maximum absolute atomic E-state index is 13.1. The number of hydrogen-bond donors (Lipinski definition) is 1. The molecule has 0 unspecified atom stereocenters. The van der Waals surface area contributed by atoms with Crippen molar-refractivity contribution >= 4 is 35.6 Å². The summed E-state index contributed by atoms with van der Waals surface area (Å²) in [5, 5.41) is 8.15. The van der Waals surface area contributed by atoms with Gasteiger partial charge in [-0.2, -0.15) is 5.10 Å². The van der Waals surface area contributed by atoms with E-state index in [-0.39, 0.29) is 18.3 Å². The predicted molar refractivity (Wildman–Crippen MR) is 151 cm³/mol. The van der Waals surface area contributed by atoms with Gasteiger partial charge >= 0.3 is 0 Å². The molecule has 37 heavy (non-hydrogen) atoms. The molecule has 0 aliphatic carbocycles. The van der Waals surface area contributed by atoms with Crippen LogP contribution in [0.15, 0.2) is 42.5 Å².